The molecule has 4 nitrogen and oxygen atoms in total. The minimum atomic E-state index is 0.612. The van der Waals surface area contributed by atoms with Crippen molar-refractivity contribution < 1.29 is 0 Å². The summed E-state index contributed by atoms with van der Waals surface area (Å²) in [5, 5.41) is 7.13. The standard InChI is InChI=1S/C13H12N4S/c1-9-7-12(14)17(16-9)13-15-11(8-18-13)10-5-3-2-4-6-10/h2-8H,14H2,1H3. The summed E-state index contributed by atoms with van der Waals surface area (Å²) in [5.74, 6) is 0.612. The minimum absolute atomic E-state index is 0.612. The summed E-state index contributed by atoms with van der Waals surface area (Å²) >= 11 is 1.53. The lowest BCUT2D eigenvalue weighted by molar-refractivity contribution is 0.863. The quantitative estimate of drug-likeness (QED) is 0.767. The molecule has 3 aromatic rings. The summed E-state index contributed by atoms with van der Waals surface area (Å²) in [6.45, 7) is 1.92. The Hall–Kier alpha value is -2.14. The Morgan fingerprint density at radius 2 is 2.00 bits per heavy atom. The first-order chi connectivity index (χ1) is 8.74. The number of nitrogens with zero attached hydrogens (tertiary/aromatic N) is 3. The van der Waals surface area contributed by atoms with Gasteiger partial charge in [-0.2, -0.15) is 9.78 Å². The molecule has 0 aliphatic rings. The van der Waals surface area contributed by atoms with E-state index in [0.717, 1.165) is 22.1 Å². The van der Waals surface area contributed by atoms with Gasteiger partial charge >= 0.3 is 0 Å². The van der Waals surface area contributed by atoms with Gasteiger partial charge in [0.25, 0.3) is 0 Å². The maximum absolute atomic E-state index is 5.89. The lowest BCUT2D eigenvalue weighted by atomic mass is 10.2. The average Bonchev–Trinajstić information content (AvgIpc) is 2.97. The van der Waals surface area contributed by atoms with Crippen molar-refractivity contribution in [1.29, 1.82) is 0 Å². The van der Waals surface area contributed by atoms with Crippen LogP contribution in [0, 0.1) is 6.92 Å². The highest BCUT2D eigenvalue weighted by Crippen LogP contribution is 2.25. The maximum Gasteiger partial charge on any atom is 0.212 e. The molecule has 0 saturated carbocycles. The number of nitrogens with two attached hydrogens (primary N) is 1. The molecule has 0 bridgehead atoms. The number of nitrogen functional groups attached to an aromatic ring is 1. The molecule has 3 rings (SSSR count). The summed E-state index contributed by atoms with van der Waals surface area (Å²) in [7, 11) is 0. The Bertz CT molecular complexity index is 669. The summed E-state index contributed by atoms with van der Waals surface area (Å²) in [6, 6.07) is 11.9. The van der Waals surface area contributed by atoms with Crippen LogP contribution in [0.25, 0.3) is 16.4 Å². The van der Waals surface area contributed by atoms with Crippen LogP contribution < -0.4 is 5.73 Å². The molecule has 0 aliphatic heterocycles. The van der Waals surface area contributed by atoms with Crippen LogP contribution in [-0.2, 0) is 0 Å². The number of hydrogen-bond donors (Lipinski definition) is 1. The lowest BCUT2D eigenvalue weighted by Crippen LogP contribution is -2.01. The van der Waals surface area contributed by atoms with Crippen molar-refractivity contribution in [2.75, 3.05) is 5.73 Å². The van der Waals surface area contributed by atoms with Gasteiger partial charge in [-0.1, -0.05) is 30.3 Å². The molecule has 0 fully saturated rings. The lowest BCUT2D eigenvalue weighted by Gasteiger charge is -1.98. The second kappa shape index (κ2) is 4.27. The first-order valence-electron chi connectivity index (χ1n) is 5.57. The van der Waals surface area contributed by atoms with Crippen molar-refractivity contribution in [3.05, 3.63) is 47.5 Å². The maximum atomic E-state index is 5.89. The predicted octanol–water partition coefficient (Wildman–Crippen LogP) is 2.89. The summed E-state index contributed by atoms with van der Waals surface area (Å²) in [6.07, 6.45) is 0. The Morgan fingerprint density at radius 1 is 1.22 bits per heavy atom. The van der Waals surface area contributed by atoms with Gasteiger partial charge in [0, 0.05) is 17.0 Å². The molecule has 0 unspecified atom stereocenters. The Balaban J connectivity index is 2.02. The highest BCUT2D eigenvalue weighted by atomic mass is 32.1. The zero-order valence-electron chi connectivity index (χ0n) is 9.87. The molecule has 2 aromatic heterocycles. The third kappa shape index (κ3) is 1.89. The first-order valence-corrected chi connectivity index (χ1v) is 6.45. The van der Waals surface area contributed by atoms with Gasteiger partial charge in [-0.25, -0.2) is 4.98 Å². The number of benzene rings is 1. The zero-order valence-corrected chi connectivity index (χ0v) is 10.7. The van der Waals surface area contributed by atoms with Crippen LogP contribution in [0.15, 0.2) is 41.8 Å². The number of aryl methyl sites for hydroxylation is 1. The molecule has 1 aromatic carbocycles. The fourth-order valence-electron chi connectivity index (χ4n) is 1.78. The number of hydrogen-bond acceptors (Lipinski definition) is 4. The van der Waals surface area contributed by atoms with Crippen LogP contribution in [0.3, 0.4) is 0 Å². The highest BCUT2D eigenvalue weighted by Gasteiger charge is 2.09. The molecule has 0 aliphatic carbocycles. The molecule has 0 saturated heterocycles. The van der Waals surface area contributed by atoms with Gasteiger partial charge in [0.1, 0.15) is 5.82 Å². The third-order valence-corrected chi connectivity index (χ3v) is 3.42. The van der Waals surface area contributed by atoms with Crippen molar-refractivity contribution in [2.45, 2.75) is 6.92 Å². The van der Waals surface area contributed by atoms with E-state index in [0.29, 0.717) is 5.82 Å². The van der Waals surface area contributed by atoms with Gasteiger partial charge in [-0.15, -0.1) is 11.3 Å². The second-order valence-electron chi connectivity index (χ2n) is 4.00. The smallest absolute Gasteiger partial charge is 0.212 e. The van der Waals surface area contributed by atoms with E-state index in [2.05, 4.69) is 10.1 Å². The van der Waals surface area contributed by atoms with Crippen molar-refractivity contribution in [2.24, 2.45) is 0 Å². The van der Waals surface area contributed by atoms with E-state index in [1.54, 1.807) is 4.68 Å². The summed E-state index contributed by atoms with van der Waals surface area (Å²) < 4.78 is 1.67. The molecule has 0 atom stereocenters. The normalized spacial score (nSPS) is 10.7. The molecule has 2 N–H and O–H groups in total. The van der Waals surface area contributed by atoms with Crippen LogP contribution in [0.4, 0.5) is 5.82 Å². The van der Waals surface area contributed by atoms with Gasteiger partial charge in [-0.3, -0.25) is 0 Å². The van der Waals surface area contributed by atoms with Gasteiger partial charge in [0.15, 0.2) is 0 Å². The fraction of sp³-hybridized carbons (Fsp3) is 0.0769. The number of rotatable bonds is 2. The molecule has 5 heteroatoms. The number of thiazole rings is 1. The van der Waals surface area contributed by atoms with E-state index in [1.807, 2.05) is 48.7 Å². The van der Waals surface area contributed by atoms with E-state index in [1.165, 1.54) is 11.3 Å². The monoisotopic (exact) mass is 256 g/mol. The molecule has 0 spiro atoms. The van der Waals surface area contributed by atoms with Crippen molar-refractivity contribution in [3.8, 4) is 16.4 Å². The Labute approximate surface area is 109 Å². The predicted molar refractivity (Wildman–Crippen MR) is 73.8 cm³/mol. The summed E-state index contributed by atoms with van der Waals surface area (Å²) in [5.41, 5.74) is 8.83. The van der Waals surface area contributed by atoms with E-state index in [-0.39, 0.29) is 0 Å². The minimum Gasteiger partial charge on any atom is -0.383 e. The molecule has 18 heavy (non-hydrogen) atoms. The average molecular weight is 256 g/mol. The van der Waals surface area contributed by atoms with E-state index < -0.39 is 0 Å². The zero-order chi connectivity index (χ0) is 12.5. The molecule has 90 valence electrons. The third-order valence-electron chi connectivity index (χ3n) is 2.60. The fourth-order valence-corrected chi connectivity index (χ4v) is 2.58. The van der Waals surface area contributed by atoms with Crippen LogP contribution >= 0.6 is 11.3 Å². The van der Waals surface area contributed by atoms with Crippen LogP contribution in [0.1, 0.15) is 5.69 Å². The SMILES string of the molecule is Cc1cc(N)n(-c2nc(-c3ccccc3)cs2)n1. The van der Waals surface area contributed by atoms with Crippen molar-refractivity contribution in [1.82, 2.24) is 14.8 Å². The van der Waals surface area contributed by atoms with Gasteiger partial charge < -0.3 is 5.73 Å². The van der Waals surface area contributed by atoms with Crippen molar-refractivity contribution in [3.63, 3.8) is 0 Å². The number of anilines is 1. The molecule has 2 heterocycles. The molecular weight excluding hydrogens is 244 g/mol. The van der Waals surface area contributed by atoms with E-state index in [9.17, 15) is 0 Å². The topological polar surface area (TPSA) is 56.7 Å². The Morgan fingerprint density at radius 3 is 2.67 bits per heavy atom. The Kier molecular flexibility index (Phi) is 2.60. The van der Waals surface area contributed by atoms with Crippen molar-refractivity contribution >= 4 is 17.2 Å². The largest absolute Gasteiger partial charge is 0.383 e. The molecular formula is C13H12N4S. The first kappa shape index (κ1) is 11.0. The van der Waals surface area contributed by atoms with E-state index in [4.69, 9.17) is 5.73 Å². The van der Waals surface area contributed by atoms with Crippen LogP contribution in [-0.4, -0.2) is 14.8 Å². The number of aromatic nitrogens is 3. The molecule has 0 amide bonds. The molecule has 0 radical (unpaired) electrons. The highest BCUT2D eigenvalue weighted by molar-refractivity contribution is 7.12. The van der Waals surface area contributed by atoms with Gasteiger partial charge in [0.2, 0.25) is 5.13 Å². The van der Waals surface area contributed by atoms with Crippen LogP contribution in [0.5, 0.6) is 0 Å². The second-order valence-corrected chi connectivity index (χ2v) is 4.84. The summed E-state index contributed by atoms with van der Waals surface area (Å²) in [4.78, 5) is 4.56. The van der Waals surface area contributed by atoms with Crippen LogP contribution in [0.2, 0.25) is 0 Å². The van der Waals surface area contributed by atoms with Gasteiger partial charge in [0.05, 0.1) is 11.4 Å². The van der Waals surface area contributed by atoms with Gasteiger partial charge in [-0.05, 0) is 6.92 Å². The van der Waals surface area contributed by atoms with E-state index >= 15 is 0 Å².